The van der Waals surface area contributed by atoms with E-state index in [9.17, 15) is 4.39 Å². The van der Waals surface area contributed by atoms with E-state index in [1.54, 1.807) is 19.9 Å². The van der Waals surface area contributed by atoms with Gasteiger partial charge in [-0.05, 0) is 47.6 Å². The van der Waals surface area contributed by atoms with Crippen LogP contribution in [0.4, 0.5) is 4.39 Å². The van der Waals surface area contributed by atoms with Crippen molar-refractivity contribution in [2.75, 3.05) is 7.11 Å². The third-order valence-corrected chi connectivity index (χ3v) is 3.70. The average Bonchev–Trinajstić information content (AvgIpc) is 2.57. The fourth-order valence-electron chi connectivity index (χ4n) is 1.85. The van der Waals surface area contributed by atoms with Crippen molar-refractivity contribution >= 4 is 12.6 Å². The fraction of sp³-hybridized carbons (Fsp3) is 0.625. The maximum atomic E-state index is 13.2. The molecule has 1 fully saturated rings. The second-order valence-electron chi connectivity index (χ2n) is 6.57. The average molecular weight is 312 g/mol. The molecular weight excluding hydrogens is 286 g/mol. The highest BCUT2D eigenvalue weighted by Crippen LogP contribution is 2.37. The van der Waals surface area contributed by atoms with Gasteiger partial charge in [-0.3, -0.25) is 0 Å². The first-order chi connectivity index (χ1) is 10.00. The van der Waals surface area contributed by atoms with Crippen LogP contribution < -0.4 is 10.2 Å². The summed E-state index contributed by atoms with van der Waals surface area (Å²) in [7, 11) is 0.967. The van der Waals surface area contributed by atoms with Crippen molar-refractivity contribution in [3.63, 3.8) is 0 Å². The molecule has 0 radical (unpaired) electrons. The standard InChI is InChI=1S/C13H18BFO3.C3H8O/c1-12(2)13(3,4)18-14(17-12)10-7-6-9(15)8-11(10)16-5;1-3(2)4/h6-8H,1-5H3;3-4H,1-2H3. The molecule has 1 aromatic rings. The first kappa shape index (κ1) is 18.9. The summed E-state index contributed by atoms with van der Waals surface area (Å²) >= 11 is 0. The van der Waals surface area contributed by atoms with Gasteiger partial charge in [-0.2, -0.15) is 0 Å². The summed E-state index contributed by atoms with van der Waals surface area (Å²) in [5.41, 5.74) is -0.133. The number of methoxy groups -OCH3 is 1. The van der Waals surface area contributed by atoms with Crippen molar-refractivity contribution in [1.29, 1.82) is 0 Å². The van der Waals surface area contributed by atoms with Gasteiger partial charge in [-0.1, -0.05) is 6.07 Å². The van der Waals surface area contributed by atoms with Gasteiger partial charge in [0.15, 0.2) is 0 Å². The highest BCUT2D eigenvalue weighted by molar-refractivity contribution is 6.63. The molecule has 22 heavy (non-hydrogen) atoms. The Morgan fingerprint density at radius 1 is 1.14 bits per heavy atom. The van der Waals surface area contributed by atoms with Crippen LogP contribution in [0.2, 0.25) is 0 Å². The molecule has 1 aliphatic heterocycles. The van der Waals surface area contributed by atoms with Crippen LogP contribution in [-0.4, -0.2) is 36.6 Å². The van der Waals surface area contributed by atoms with Crippen molar-refractivity contribution in [3.05, 3.63) is 24.0 Å². The molecule has 124 valence electrons. The molecule has 1 N–H and O–H groups in total. The SMILES string of the molecule is CC(C)O.COc1cc(F)ccc1B1OC(C)(C)C(C)(C)O1. The Hall–Kier alpha value is -1.11. The molecule has 1 saturated heterocycles. The molecule has 6 heteroatoms. The first-order valence-corrected chi connectivity index (χ1v) is 7.37. The van der Waals surface area contributed by atoms with Crippen molar-refractivity contribution in [2.24, 2.45) is 0 Å². The second kappa shape index (κ2) is 6.98. The van der Waals surface area contributed by atoms with Crippen LogP contribution >= 0.6 is 0 Å². The molecule has 0 spiro atoms. The predicted octanol–water partition coefficient (Wildman–Crippen LogP) is 2.52. The van der Waals surface area contributed by atoms with Gasteiger partial charge in [-0.25, -0.2) is 4.39 Å². The number of hydrogen-bond acceptors (Lipinski definition) is 4. The van der Waals surface area contributed by atoms with Crippen molar-refractivity contribution in [3.8, 4) is 5.75 Å². The number of hydrogen-bond donors (Lipinski definition) is 1. The Bertz CT molecular complexity index is 484. The lowest BCUT2D eigenvalue weighted by Crippen LogP contribution is -2.41. The first-order valence-electron chi connectivity index (χ1n) is 7.37. The van der Waals surface area contributed by atoms with Gasteiger partial charge in [0.1, 0.15) is 11.6 Å². The maximum Gasteiger partial charge on any atom is 0.498 e. The summed E-state index contributed by atoms with van der Waals surface area (Å²) < 4.78 is 30.2. The molecule has 0 amide bonds. The van der Waals surface area contributed by atoms with Gasteiger partial charge in [0.2, 0.25) is 0 Å². The summed E-state index contributed by atoms with van der Waals surface area (Å²) in [5.74, 6) is 0.0978. The molecule has 2 rings (SSSR count). The molecule has 0 aliphatic carbocycles. The Morgan fingerprint density at radius 3 is 2.00 bits per heavy atom. The van der Waals surface area contributed by atoms with E-state index in [2.05, 4.69) is 0 Å². The van der Waals surface area contributed by atoms with E-state index in [0.29, 0.717) is 11.2 Å². The number of benzene rings is 1. The smallest absolute Gasteiger partial charge is 0.497 e. The summed E-state index contributed by atoms with van der Waals surface area (Å²) in [6, 6.07) is 4.35. The minimum Gasteiger partial charge on any atom is -0.497 e. The molecule has 0 atom stereocenters. The third-order valence-electron chi connectivity index (χ3n) is 3.70. The van der Waals surface area contributed by atoms with Crippen molar-refractivity contribution < 1.29 is 23.5 Å². The summed E-state index contributed by atoms with van der Waals surface area (Å²) in [5, 5.41) is 8.06. The summed E-state index contributed by atoms with van der Waals surface area (Å²) in [6.07, 6.45) is -0.167. The third kappa shape index (κ3) is 4.45. The van der Waals surface area contributed by atoms with Gasteiger partial charge in [0.05, 0.1) is 18.3 Å². The van der Waals surface area contributed by atoms with Gasteiger partial charge in [0, 0.05) is 17.6 Å². The monoisotopic (exact) mass is 312 g/mol. The van der Waals surface area contributed by atoms with E-state index in [1.165, 1.54) is 19.2 Å². The second-order valence-corrected chi connectivity index (χ2v) is 6.57. The minimum absolute atomic E-state index is 0.167. The Balaban J connectivity index is 0.000000541. The topological polar surface area (TPSA) is 47.9 Å². The quantitative estimate of drug-likeness (QED) is 0.853. The van der Waals surface area contributed by atoms with Crippen LogP contribution in [0.1, 0.15) is 41.5 Å². The zero-order valence-corrected chi connectivity index (χ0v) is 14.4. The van der Waals surface area contributed by atoms with Crippen LogP contribution in [0.5, 0.6) is 5.75 Å². The summed E-state index contributed by atoms with van der Waals surface area (Å²) in [4.78, 5) is 0. The zero-order chi connectivity index (χ0) is 17.1. The van der Waals surface area contributed by atoms with Crippen molar-refractivity contribution in [2.45, 2.75) is 58.8 Å². The van der Waals surface area contributed by atoms with Crippen LogP contribution in [0.25, 0.3) is 0 Å². The highest BCUT2D eigenvalue weighted by atomic mass is 19.1. The van der Waals surface area contributed by atoms with Gasteiger partial charge in [0.25, 0.3) is 0 Å². The van der Waals surface area contributed by atoms with Crippen LogP contribution in [0.3, 0.4) is 0 Å². The fourth-order valence-corrected chi connectivity index (χ4v) is 1.85. The van der Waals surface area contributed by atoms with E-state index in [0.717, 1.165) is 0 Å². The lowest BCUT2D eigenvalue weighted by atomic mass is 9.78. The largest absolute Gasteiger partial charge is 0.498 e. The molecule has 0 aromatic heterocycles. The van der Waals surface area contributed by atoms with Gasteiger partial charge < -0.3 is 19.2 Å². The van der Waals surface area contributed by atoms with Crippen molar-refractivity contribution in [1.82, 2.24) is 0 Å². The van der Waals surface area contributed by atoms with Gasteiger partial charge in [-0.15, -0.1) is 0 Å². The van der Waals surface area contributed by atoms with Crippen LogP contribution in [0, 0.1) is 5.82 Å². The molecule has 1 aliphatic rings. The number of halogens is 1. The number of aliphatic hydroxyl groups is 1. The Kier molecular flexibility index (Phi) is 6.01. The maximum absolute atomic E-state index is 13.2. The van der Waals surface area contributed by atoms with Crippen LogP contribution in [-0.2, 0) is 9.31 Å². The normalized spacial score (nSPS) is 18.9. The molecule has 1 aromatic carbocycles. The Morgan fingerprint density at radius 2 is 1.59 bits per heavy atom. The lowest BCUT2D eigenvalue weighted by Gasteiger charge is -2.32. The molecule has 0 bridgehead atoms. The molecular formula is C16H26BFO4. The van der Waals surface area contributed by atoms with E-state index < -0.39 is 18.3 Å². The number of ether oxygens (including phenoxy) is 1. The van der Waals surface area contributed by atoms with E-state index in [1.807, 2.05) is 27.7 Å². The lowest BCUT2D eigenvalue weighted by molar-refractivity contribution is 0.00578. The molecule has 1 heterocycles. The highest BCUT2D eigenvalue weighted by Gasteiger charge is 2.52. The zero-order valence-electron chi connectivity index (χ0n) is 14.4. The van der Waals surface area contributed by atoms with Gasteiger partial charge >= 0.3 is 7.12 Å². The molecule has 0 unspecified atom stereocenters. The number of rotatable bonds is 2. The summed E-state index contributed by atoms with van der Waals surface area (Å²) in [6.45, 7) is 11.3. The predicted molar refractivity (Wildman–Crippen MR) is 86.0 cm³/mol. The minimum atomic E-state index is -0.537. The van der Waals surface area contributed by atoms with E-state index in [-0.39, 0.29) is 11.9 Å². The Labute approximate surface area is 132 Å². The number of aliphatic hydroxyl groups excluding tert-OH is 1. The molecule has 0 saturated carbocycles. The van der Waals surface area contributed by atoms with E-state index in [4.69, 9.17) is 19.2 Å². The molecule has 4 nitrogen and oxygen atoms in total. The van der Waals surface area contributed by atoms with E-state index >= 15 is 0 Å². The van der Waals surface area contributed by atoms with Crippen LogP contribution in [0.15, 0.2) is 18.2 Å².